The molecule has 7 nitrogen and oxygen atoms in total. The van der Waals surface area contributed by atoms with Crippen molar-refractivity contribution in [1.29, 1.82) is 0 Å². The molecule has 0 saturated carbocycles. The number of likely N-dealkylation sites (N-methyl/N-ethyl adjacent to an activating group) is 1. The molecule has 1 fully saturated rings. The first-order valence-corrected chi connectivity index (χ1v) is 8.59. The van der Waals surface area contributed by atoms with Crippen molar-refractivity contribution in [1.82, 2.24) is 19.9 Å². The molecule has 0 spiro atoms. The van der Waals surface area contributed by atoms with Crippen LogP contribution in [-0.2, 0) is 4.74 Å². The average Bonchev–Trinajstić information content (AvgIpc) is 2.42. The Kier molecular flexibility index (Phi) is 4.64. The van der Waals surface area contributed by atoms with Crippen LogP contribution in [0.5, 0.6) is 0 Å². The number of carbonyl (C=O) groups excluding carboxylic acids is 1. The van der Waals surface area contributed by atoms with E-state index in [9.17, 15) is 4.79 Å². The molecule has 0 bridgehead atoms. The van der Waals surface area contributed by atoms with Crippen LogP contribution in [0.2, 0.25) is 10.3 Å². The molecule has 0 unspecified atom stereocenters. The quantitative estimate of drug-likeness (QED) is 0.740. The lowest BCUT2D eigenvalue weighted by molar-refractivity contribution is 0.0197. The Labute approximate surface area is 155 Å². The monoisotopic (exact) mass is 383 g/mol. The van der Waals surface area contributed by atoms with Crippen molar-refractivity contribution in [3.05, 3.63) is 22.6 Å². The van der Waals surface area contributed by atoms with Crippen molar-refractivity contribution in [2.24, 2.45) is 0 Å². The maximum atomic E-state index is 12.2. The number of hydrogen-bond acceptors (Lipinski definition) is 6. The van der Waals surface area contributed by atoms with E-state index in [0.29, 0.717) is 35.0 Å². The van der Waals surface area contributed by atoms with Gasteiger partial charge in [-0.3, -0.25) is 0 Å². The molecule has 9 heteroatoms. The summed E-state index contributed by atoms with van der Waals surface area (Å²) in [5.41, 5.74) is 0.701. The molecule has 3 heterocycles. The fourth-order valence-electron chi connectivity index (χ4n) is 2.53. The summed E-state index contributed by atoms with van der Waals surface area (Å²) >= 11 is 12.0. The van der Waals surface area contributed by atoms with Gasteiger partial charge in [0.2, 0.25) is 5.28 Å². The number of nitrogens with zero attached hydrogens (tertiary/aromatic N) is 5. The molecular weight excluding hydrogens is 365 g/mol. The Morgan fingerprint density at radius 3 is 2.64 bits per heavy atom. The van der Waals surface area contributed by atoms with Gasteiger partial charge in [0.1, 0.15) is 11.1 Å². The molecule has 1 aliphatic rings. The van der Waals surface area contributed by atoms with Gasteiger partial charge in [-0.15, -0.1) is 0 Å². The van der Waals surface area contributed by atoms with Crippen LogP contribution >= 0.6 is 23.2 Å². The minimum absolute atomic E-state index is 0.0333. The topological polar surface area (TPSA) is 71.5 Å². The van der Waals surface area contributed by atoms with Gasteiger partial charge in [-0.2, -0.15) is 4.98 Å². The number of aromatic nitrogens is 3. The number of amides is 1. The largest absolute Gasteiger partial charge is 0.444 e. The van der Waals surface area contributed by atoms with Gasteiger partial charge in [0.15, 0.2) is 5.82 Å². The lowest BCUT2D eigenvalue weighted by Crippen LogP contribution is -2.60. The van der Waals surface area contributed by atoms with Crippen molar-refractivity contribution in [3.63, 3.8) is 0 Å². The Bertz CT molecular complexity index is 813. The molecule has 1 saturated heterocycles. The van der Waals surface area contributed by atoms with E-state index in [-0.39, 0.29) is 17.4 Å². The highest BCUT2D eigenvalue weighted by atomic mass is 35.5. The first kappa shape index (κ1) is 17.9. The van der Waals surface area contributed by atoms with E-state index in [1.165, 1.54) is 0 Å². The van der Waals surface area contributed by atoms with E-state index in [1.807, 2.05) is 25.7 Å². The predicted molar refractivity (Wildman–Crippen MR) is 97.4 cm³/mol. The molecule has 1 amide bonds. The van der Waals surface area contributed by atoms with E-state index >= 15 is 0 Å². The number of carbonyl (C=O) groups is 1. The molecule has 0 N–H and O–H groups in total. The number of rotatable bonds is 2. The summed E-state index contributed by atoms with van der Waals surface area (Å²) in [6.45, 7) is 6.76. The van der Waals surface area contributed by atoms with Gasteiger partial charge in [0.05, 0.1) is 16.6 Å². The normalized spacial score (nSPS) is 15.2. The third kappa shape index (κ3) is 3.88. The van der Waals surface area contributed by atoms with Crippen LogP contribution in [0.1, 0.15) is 20.8 Å². The summed E-state index contributed by atoms with van der Waals surface area (Å²) in [4.78, 5) is 28.5. The molecule has 25 heavy (non-hydrogen) atoms. The zero-order valence-electron chi connectivity index (χ0n) is 14.5. The van der Waals surface area contributed by atoms with E-state index in [2.05, 4.69) is 15.0 Å². The highest BCUT2D eigenvalue weighted by Gasteiger charge is 2.36. The molecule has 134 valence electrons. The van der Waals surface area contributed by atoms with Crippen LogP contribution in [0.25, 0.3) is 11.0 Å². The van der Waals surface area contributed by atoms with Crippen molar-refractivity contribution in [2.75, 3.05) is 25.0 Å². The van der Waals surface area contributed by atoms with Crippen LogP contribution in [0, 0.1) is 0 Å². The minimum Gasteiger partial charge on any atom is -0.444 e. The van der Waals surface area contributed by atoms with E-state index in [1.54, 1.807) is 24.2 Å². The highest BCUT2D eigenvalue weighted by molar-refractivity contribution is 6.31. The standard InChI is InChI=1S/C16H19Cl2N5O2/c1-16(2,3)25-15(24)22(4)10-7-23(8-10)13-12-11(20-14(18)21-13)5-9(17)6-19-12/h5-6,10H,7-8H2,1-4H3. The number of pyridine rings is 1. The second-order valence-electron chi connectivity index (χ2n) is 6.99. The second-order valence-corrected chi connectivity index (χ2v) is 7.76. The van der Waals surface area contributed by atoms with Crippen molar-refractivity contribution < 1.29 is 9.53 Å². The van der Waals surface area contributed by atoms with Gasteiger partial charge in [0, 0.05) is 26.3 Å². The van der Waals surface area contributed by atoms with Gasteiger partial charge in [-0.25, -0.2) is 14.8 Å². The smallest absolute Gasteiger partial charge is 0.410 e. The number of anilines is 1. The summed E-state index contributed by atoms with van der Waals surface area (Å²) in [5, 5.41) is 0.620. The van der Waals surface area contributed by atoms with Crippen LogP contribution in [-0.4, -0.2) is 57.7 Å². The Morgan fingerprint density at radius 1 is 1.32 bits per heavy atom. The van der Waals surface area contributed by atoms with Gasteiger partial charge >= 0.3 is 6.09 Å². The van der Waals surface area contributed by atoms with Crippen molar-refractivity contribution in [2.45, 2.75) is 32.4 Å². The molecule has 2 aromatic heterocycles. The van der Waals surface area contributed by atoms with Crippen molar-refractivity contribution in [3.8, 4) is 0 Å². The lowest BCUT2D eigenvalue weighted by Gasteiger charge is -2.44. The van der Waals surface area contributed by atoms with Gasteiger partial charge in [-0.05, 0) is 38.4 Å². The highest BCUT2D eigenvalue weighted by Crippen LogP contribution is 2.30. The fraction of sp³-hybridized carbons (Fsp3) is 0.500. The zero-order chi connectivity index (χ0) is 18.4. The average molecular weight is 384 g/mol. The van der Waals surface area contributed by atoms with E-state index < -0.39 is 5.60 Å². The molecule has 0 aliphatic carbocycles. The van der Waals surface area contributed by atoms with Gasteiger partial charge < -0.3 is 14.5 Å². The first-order chi connectivity index (χ1) is 11.6. The molecule has 3 rings (SSSR count). The number of fused-ring (bicyclic) bond motifs is 1. The SMILES string of the molecule is CN(C(=O)OC(C)(C)C)C1CN(c2nc(Cl)nc3cc(Cl)cnc23)C1. The zero-order valence-corrected chi connectivity index (χ0v) is 16.0. The third-order valence-electron chi connectivity index (χ3n) is 3.85. The summed E-state index contributed by atoms with van der Waals surface area (Å²) in [6.07, 6.45) is 1.21. The number of halogens is 2. The Balaban J connectivity index is 1.75. The van der Waals surface area contributed by atoms with E-state index in [0.717, 1.165) is 0 Å². The van der Waals surface area contributed by atoms with Crippen LogP contribution in [0.3, 0.4) is 0 Å². The fourth-order valence-corrected chi connectivity index (χ4v) is 2.85. The Morgan fingerprint density at radius 2 is 2.00 bits per heavy atom. The number of hydrogen-bond donors (Lipinski definition) is 0. The second kappa shape index (κ2) is 6.46. The minimum atomic E-state index is -0.519. The first-order valence-electron chi connectivity index (χ1n) is 7.83. The van der Waals surface area contributed by atoms with Gasteiger partial charge in [-0.1, -0.05) is 11.6 Å². The van der Waals surface area contributed by atoms with Gasteiger partial charge in [0.25, 0.3) is 0 Å². The summed E-state index contributed by atoms with van der Waals surface area (Å²) in [5.74, 6) is 0.639. The van der Waals surface area contributed by atoms with Crippen molar-refractivity contribution >= 4 is 46.1 Å². The summed E-state index contributed by atoms with van der Waals surface area (Å²) < 4.78 is 5.39. The molecule has 0 radical (unpaired) electrons. The molecular formula is C16H19Cl2N5O2. The predicted octanol–water partition coefficient (Wildman–Crippen LogP) is 3.39. The molecule has 0 atom stereocenters. The summed E-state index contributed by atoms with van der Waals surface area (Å²) in [7, 11) is 1.74. The molecule has 1 aliphatic heterocycles. The number of ether oxygens (including phenoxy) is 1. The summed E-state index contributed by atoms with van der Waals surface area (Å²) in [6, 6.07) is 1.73. The Hall–Kier alpha value is -1.86. The van der Waals surface area contributed by atoms with Crippen LogP contribution in [0.15, 0.2) is 12.3 Å². The third-order valence-corrected chi connectivity index (χ3v) is 4.22. The molecule has 0 aromatic carbocycles. The van der Waals surface area contributed by atoms with E-state index in [4.69, 9.17) is 27.9 Å². The maximum absolute atomic E-state index is 12.2. The van der Waals surface area contributed by atoms with Crippen LogP contribution < -0.4 is 4.90 Å². The lowest BCUT2D eigenvalue weighted by atomic mass is 10.1. The van der Waals surface area contributed by atoms with Crippen LogP contribution in [0.4, 0.5) is 10.6 Å². The molecule has 2 aromatic rings. The maximum Gasteiger partial charge on any atom is 0.410 e.